The van der Waals surface area contributed by atoms with Gasteiger partial charge in [0, 0.05) is 33.4 Å². The van der Waals surface area contributed by atoms with E-state index in [1.165, 1.54) is 11.6 Å². The normalized spacial score (nSPS) is 15.8. The van der Waals surface area contributed by atoms with Crippen molar-refractivity contribution in [3.05, 3.63) is 33.1 Å². The van der Waals surface area contributed by atoms with E-state index in [-0.39, 0.29) is 11.2 Å². The van der Waals surface area contributed by atoms with Crippen LogP contribution in [0.5, 0.6) is 0 Å². The molecule has 7 heteroatoms. The SMILES string of the molecule is Cn1c(=O)c2c(N3CCOCC3)ccnc2n(C)c1=O. The highest BCUT2D eigenvalue weighted by molar-refractivity contribution is 5.88. The first-order valence-corrected chi connectivity index (χ1v) is 6.48. The summed E-state index contributed by atoms with van der Waals surface area (Å²) in [5, 5.41) is 0.485. The maximum absolute atomic E-state index is 12.4. The van der Waals surface area contributed by atoms with Crippen LogP contribution in [-0.2, 0) is 18.8 Å². The highest BCUT2D eigenvalue weighted by Crippen LogP contribution is 2.22. The molecule has 1 aliphatic heterocycles. The minimum absolute atomic E-state index is 0.308. The first-order valence-electron chi connectivity index (χ1n) is 6.48. The van der Waals surface area contributed by atoms with Gasteiger partial charge in [-0.3, -0.25) is 13.9 Å². The Morgan fingerprint density at radius 2 is 1.85 bits per heavy atom. The molecule has 0 N–H and O–H groups in total. The number of morpholine rings is 1. The van der Waals surface area contributed by atoms with E-state index in [1.807, 2.05) is 6.07 Å². The molecular weight excluding hydrogens is 260 g/mol. The number of pyridine rings is 1. The predicted molar refractivity (Wildman–Crippen MR) is 75.3 cm³/mol. The van der Waals surface area contributed by atoms with Crippen molar-refractivity contribution in [1.29, 1.82) is 0 Å². The highest BCUT2D eigenvalue weighted by Gasteiger charge is 2.19. The van der Waals surface area contributed by atoms with Crippen LogP contribution < -0.4 is 16.1 Å². The number of ether oxygens (including phenoxy) is 1. The first kappa shape index (κ1) is 12.9. The van der Waals surface area contributed by atoms with Crippen molar-refractivity contribution in [3.8, 4) is 0 Å². The number of hydrogen-bond acceptors (Lipinski definition) is 5. The minimum atomic E-state index is -0.367. The fraction of sp³-hybridized carbons (Fsp3) is 0.462. The molecule has 2 aromatic heterocycles. The summed E-state index contributed by atoms with van der Waals surface area (Å²) in [6.07, 6.45) is 1.63. The summed E-state index contributed by atoms with van der Waals surface area (Å²) >= 11 is 0. The average Bonchev–Trinajstić information content (AvgIpc) is 2.51. The number of rotatable bonds is 1. The Bertz CT molecular complexity index is 772. The summed E-state index contributed by atoms with van der Waals surface area (Å²) in [5.74, 6) is 0. The molecule has 1 fully saturated rings. The molecule has 1 saturated heterocycles. The van der Waals surface area contributed by atoms with Crippen LogP contribution in [0.25, 0.3) is 11.0 Å². The van der Waals surface area contributed by atoms with Crippen LogP contribution in [0.15, 0.2) is 21.9 Å². The fourth-order valence-corrected chi connectivity index (χ4v) is 2.54. The van der Waals surface area contributed by atoms with E-state index in [0.717, 1.165) is 23.3 Å². The van der Waals surface area contributed by atoms with Gasteiger partial charge in [-0.15, -0.1) is 0 Å². The van der Waals surface area contributed by atoms with E-state index in [2.05, 4.69) is 9.88 Å². The number of anilines is 1. The lowest BCUT2D eigenvalue weighted by Gasteiger charge is -2.29. The van der Waals surface area contributed by atoms with Crippen LogP contribution in [-0.4, -0.2) is 40.4 Å². The van der Waals surface area contributed by atoms with Gasteiger partial charge < -0.3 is 9.64 Å². The third-order valence-corrected chi connectivity index (χ3v) is 3.67. The second-order valence-corrected chi connectivity index (χ2v) is 4.83. The van der Waals surface area contributed by atoms with E-state index in [1.54, 1.807) is 13.2 Å². The standard InChI is InChI=1S/C13H16N4O3/c1-15-11-10(12(18)16(2)13(15)19)9(3-4-14-11)17-5-7-20-8-6-17/h3-4H,5-8H2,1-2H3. The van der Waals surface area contributed by atoms with Gasteiger partial charge in [-0.1, -0.05) is 0 Å². The molecule has 0 spiro atoms. The summed E-state index contributed by atoms with van der Waals surface area (Å²) in [5.41, 5.74) is 0.559. The van der Waals surface area contributed by atoms with Gasteiger partial charge in [0.05, 0.1) is 18.9 Å². The summed E-state index contributed by atoms with van der Waals surface area (Å²) in [6.45, 7) is 2.72. The lowest BCUT2D eigenvalue weighted by Crippen LogP contribution is -2.40. The zero-order chi connectivity index (χ0) is 14.3. The second-order valence-electron chi connectivity index (χ2n) is 4.83. The van der Waals surface area contributed by atoms with Gasteiger partial charge in [-0.25, -0.2) is 9.78 Å². The third-order valence-electron chi connectivity index (χ3n) is 3.67. The highest BCUT2D eigenvalue weighted by atomic mass is 16.5. The van der Waals surface area contributed by atoms with Crippen LogP contribution in [0, 0.1) is 0 Å². The lowest BCUT2D eigenvalue weighted by molar-refractivity contribution is 0.123. The quantitative estimate of drug-likeness (QED) is 0.700. The fourth-order valence-electron chi connectivity index (χ4n) is 2.54. The molecule has 0 aromatic carbocycles. The molecule has 3 heterocycles. The van der Waals surface area contributed by atoms with Gasteiger partial charge in [0.2, 0.25) is 0 Å². The van der Waals surface area contributed by atoms with Gasteiger partial charge in [-0.05, 0) is 6.07 Å². The predicted octanol–water partition coefficient (Wildman–Crippen LogP) is -0.531. The lowest BCUT2D eigenvalue weighted by atomic mass is 10.2. The monoisotopic (exact) mass is 276 g/mol. The Morgan fingerprint density at radius 1 is 1.15 bits per heavy atom. The van der Waals surface area contributed by atoms with E-state index >= 15 is 0 Å². The molecule has 3 rings (SSSR count). The number of aromatic nitrogens is 3. The Hall–Kier alpha value is -2.15. The van der Waals surface area contributed by atoms with Gasteiger partial charge in [0.25, 0.3) is 5.56 Å². The number of hydrogen-bond donors (Lipinski definition) is 0. The molecule has 2 aromatic rings. The van der Waals surface area contributed by atoms with Gasteiger partial charge in [0.1, 0.15) is 5.39 Å². The molecule has 0 bridgehead atoms. The van der Waals surface area contributed by atoms with Crippen LogP contribution in [0.2, 0.25) is 0 Å². The van der Waals surface area contributed by atoms with E-state index in [4.69, 9.17) is 4.74 Å². The van der Waals surface area contributed by atoms with Crippen LogP contribution in [0.1, 0.15) is 0 Å². The maximum atomic E-state index is 12.4. The largest absolute Gasteiger partial charge is 0.378 e. The Balaban J connectivity index is 2.34. The molecule has 1 aliphatic rings. The van der Waals surface area contributed by atoms with E-state index in [0.29, 0.717) is 24.2 Å². The van der Waals surface area contributed by atoms with E-state index < -0.39 is 0 Å². The molecule has 0 aliphatic carbocycles. The zero-order valence-electron chi connectivity index (χ0n) is 11.5. The maximum Gasteiger partial charge on any atom is 0.332 e. The van der Waals surface area contributed by atoms with Crippen molar-refractivity contribution < 1.29 is 4.74 Å². The number of fused-ring (bicyclic) bond motifs is 1. The van der Waals surface area contributed by atoms with Crippen molar-refractivity contribution in [1.82, 2.24) is 14.1 Å². The van der Waals surface area contributed by atoms with Crippen molar-refractivity contribution >= 4 is 16.7 Å². The molecular formula is C13H16N4O3. The molecule has 0 atom stereocenters. The molecule has 7 nitrogen and oxygen atoms in total. The van der Waals surface area contributed by atoms with Crippen LogP contribution >= 0.6 is 0 Å². The minimum Gasteiger partial charge on any atom is -0.378 e. The molecule has 106 valence electrons. The summed E-state index contributed by atoms with van der Waals surface area (Å²) in [4.78, 5) is 30.6. The van der Waals surface area contributed by atoms with Crippen molar-refractivity contribution in [2.75, 3.05) is 31.2 Å². The molecule has 0 radical (unpaired) electrons. The first-order chi connectivity index (χ1) is 9.61. The third kappa shape index (κ3) is 1.82. The average molecular weight is 276 g/mol. The molecule has 0 amide bonds. The molecule has 20 heavy (non-hydrogen) atoms. The Kier molecular flexibility index (Phi) is 3.06. The topological polar surface area (TPSA) is 69.4 Å². The van der Waals surface area contributed by atoms with Crippen LogP contribution in [0.4, 0.5) is 5.69 Å². The number of nitrogens with zero attached hydrogens (tertiary/aromatic N) is 4. The summed E-state index contributed by atoms with van der Waals surface area (Å²) < 4.78 is 7.86. The Morgan fingerprint density at radius 3 is 2.55 bits per heavy atom. The molecule has 0 saturated carbocycles. The number of aryl methyl sites for hydroxylation is 1. The zero-order valence-corrected chi connectivity index (χ0v) is 11.5. The van der Waals surface area contributed by atoms with Gasteiger partial charge >= 0.3 is 5.69 Å². The van der Waals surface area contributed by atoms with Gasteiger partial charge in [0.15, 0.2) is 5.65 Å². The van der Waals surface area contributed by atoms with Crippen molar-refractivity contribution in [2.45, 2.75) is 0 Å². The van der Waals surface area contributed by atoms with Crippen LogP contribution in [0.3, 0.4) is 0 Å². The van der Waals surface area contributed by atoms with Crippen molar-refractivity contribution in [2.24, 2.45) is 14.1 Å². The molecule has 0 unspecified atom stereocenters. The summed E-state index contributed by atoms with van der Waals surface area (Å²) in [7, 11) is 3.11. The van der Waals surface area contributed by atoms with Gasteiger partial charge in [-0.2, -0.15) is 0 Å². The van der Waals surface area contributed by atoms with Crippen molar-refractivity contribution in [3.63, 3.8) is 0 Å². The summed E-state index contributed by atoms with van der Waals surface area (Å²) in [6, 6.07) is 1.82. The smallest absolute Gasteiger partial charge is 0.332 e. The van der Waals surface area contributed by atoms with E-state index in [9.17, 15) is 9.59 Å². The Labute approximate surface area is 115 Å². The second kappa shape index (κ2) is 4.75.